The maximum Gasteiger partial charge on any atom is 0.253 e. The van der Waals surface area contributed by atoms with Crippen LogP contribution in [0.4, 0.5) is 0 Å². The van der Waals surface area contributed by atoms with Crippen LogP contribution < -0.4 is 5.32 Å². The Morgan fingerprint density at radius 2 is 1.97 bits per heavy atom. The van der Waals surface area contributed by atoms with Gasteiger partial charge in [-0.2, -0.15) is 0 Å². The number of nitrogens with one attached hydrogen (secondary N) is 1. The Balaban J connectivity index is 1.58. The molecule has 1 aliphatic heterocycles. The minimum atomic E-state index is -0.122. The van der Waals surface area contributed by atoms with Crippen LogP contribution in [0.1, 0.15) is 70.9 Å². The van der Waals surface area contributed by atoms with Crippen molar-refractivity contribution in [3.8, 4) is 0 Å². The van der Waals surface area contributed by atoms with Crippen LogP contribution in [0, 0.1) is 20.8 Å². The van der Waals surface area contributed by atoms with E-state index < -0.39 is 0 Å². The Morgan fingerprint density at radius 1 is 1.21 bits per heavy atom. The summed E-state index contributed by atoms with van der Waals surface area (Å²) in [5.41, 5.74) is 3.40. The van der Waals surface area contributed by atoms with E-state index in [9.17, 15) is 9.59 Å². The molecule has 0 aromatic carbocycles. The highest BCUT2D eigenvalue weighted by molar-refractivity contribution is 5.95. The molecule has 1 N–H and O–H groups in total. The van der Waals surface area contributed by atoms with Crippen LogP contribution in [0.2, 0.25) is 0 Å². The van der Waals surface area contributed by atoms with Gasteiger partial charge in [-0.3, -0.25) is 14.6 Å². The molecule has 7 heteroatoms. The fraction of sp³-hybridized carbons (Fsp3) is 0.500. The van der Waals surface area contributed by atoms with Crippen molar-refractivity contribution in [2.45, 2.75) is 52.9 Å². The predicted octanol–water partition coefficient (Wildman–Crippen LogP) is 4.18. The minimum absolute atomic E-state index is 0.0256. The molecule has 3 rings (SSSR count). The van der Waals surface area contributed by atoms with Crippen LogP contribution in [-0.4, -0.2) is 54.5 Å². The molecule has 0 aliphatic carbocycles. The second-order valence-corrected chi connectivity index (χ2v) is 8.57. The fourth-order valence-electron chi connectivity index (χ4n) is 3.97. The Labute approximate surface area is 196 Å². The molecular weight excluding hydrogens is 418 g/mol. The number of hydrogen-bond acceptors (Lipinski definition) is 5. The highest BCUT2D eigenvalue weighted by atomic mass is 16.5. The zero-order chi connectivity index (χ0) is 23.8. The summed E-state index contributed by atoms with van der Waals surface area (Å²) in [5, 5.41) is 2.94. The second kappa shape index (κ2) is 11.8. The van der Waals surface area contributed by atoms with Crippen molar-refractivity contribution in [3.63, 3.8) is 0 Å². The summed E-state index contributed by atoms with van der Waals surface area (Å²) in [5.74, 6) is 1.55. The number of amides is 2. The lowest BCUT2D eigenvalue weighted by Gasteiger charge is -2.31. The lowest BCUT2D eigenvalue weighted by molar-refractivity contribution is -0.127. The largest absolute Gasteiger partial charge is 0.462 e. The average molecular weight is 454 g/mol. The second-order valence-electron chi connectivity index (χ2n) is 8.57. The van der Waals surface area contributed by atoms with Crippen molar-refractivity contribution in [1.82, 2.24) is 15.2 Å². The first-order chi connectivity index (χ1) is 15.9. The minimum Gasteiger partial charge on any atom is -0.462 e. The van der Waals surface area contributed by atoms with E-state index in [-0.39, 0.29) is 17.7 Å². The quantitative estimate of drug-likeness (QED) is 0.455. The maximum absolute atomic E-state index is 12.8. The van der Waals surface area contributed by atoms with Gasteiger partial charge in [0.25, 0.3) is 5.91 Å². The van der Waals surface area contributed by atoms with E-state index >= 15 is 0 Å². The monoisotopic (exact) mass is 453 g/mol. The van der Waals surface area contributed by atoms with Crippen molar-refractivity contribution in [3.05, 3.63) is 58.3 Å². The molecular formula is C26H35N3O4. The van der Waals surface area contributed by atoms with E-state index in [1.165, 1.54) is 0 Å². The lowest BCUT2D eigenvalue weighted by Crippen LogP contribution is -2.37. The van der Waals surface area contributed by atoms with Crippen LogP contribution >= 0.6 is 0 Å². The van der Waals surface area contributed by atoms with E-state index in [1.807, 2.05) is 43.9 Å². The van der Waals surface area contributed by atoms with Crippen molar-refractivity contribution in [2.24, 2.45) is 0 Å². The number of nitrogens with zero attached hydrogens (tertiary/aromatic N) is 2. The van der Waals surface area contributed by atoms with Gasteiger partial charge in [0.15, 0.2) is 0 Å². The van der Waals surface area contributed by atoms with E-state index in [2.05, 4.69) is 12.2 Å². The van der Waals surface area contributed by atoms with Gasteiger partial charge in [0.1, 0.15) is 11.5 Å². The van der Waals surface area contributed by atoms with Crippen LogP contribution in [0.15, 0.2) is 28.7 Å². The zero-order valence-corrected chi connectivity index (χ0v) is 20.1. The van der Waals surface area contributed by atoms with Crippen LogP contribution in [0.25, 0.3) is 6.08 Å². The number of carbonyl (C=O) groups excluding carboxylic acids is 2. The molecule has 0 atom stereocenters. The molecule has 178 valence electrons. The van der Waals surface area contributed by atoms with Gasteiger partial charge in [0.2, 0.25) is 5.91 Å². The van der Waals surface area contributed by atoms with Crippen LogP contribution in [0.3, 0.4) is 0 Å². The summed E-state index contributed by atoms with van der Waals surface area (Å²) in [6.45, 7) is 10.8. The van der Waals surface area contributed by atoms with Gasteiger partial charge in [-0.15, -0.1) is 0 Å². The van der Waals surface area contributed by atoms with Gasteiger partial charge in [-0.1, -0.05) is 6.92 Å². The third kappa shape index (κ3) is 6.78. The number of likely N-dealkylation sites (tertiary alicyclic amines) is 1. The van der Waals surface area contributed by atoms with Gasteiger partial charge in [-0.25, -0.2) is 0 Å². The molecule has 3 heterocycles. The van der Waals surface area contributed by atoms with Crippen molar-refractivity contribution in [2.75, 3.05) is 32.8 Å². The van der Waals surface area contributed by atoms with Crippen molar-refractivity contribution in [1.29, 1.82) is 0 Å². The van der Waals surface area contributed by atoms with E-state index in [0.717, 1.165) is 42.0 Å². The summed E-state index contributed by atoms with van der Waals surface area (Å²) in [6.07, 6.45) is 5.80. The molecule has 33 heavy (non-hydrogen) atoms. The molecule has 0 spiro atoms. The number of pyridine rings is 1. The number of aromatic nitrogens is 1. The number of aryl methyl sites for hydroxylation is 3. The molecule has 2 aromatic rings. The smallest absolute Gasteiger partial charge is 0.253 e. The summed E-state index contributed by atoms with van der Waals surface area (Å²) in [4.78, 5) is 32.0. The van der Waals surface area contributed by atoms with Gasteiger partial charge in [0, 0.05) is 43.9 Å². The summed E-state index contributed by atoms with van der Waals surface area (Å²) in [7, 11) is 0. The number of ether oxygens (including phenoxy) is 1. The molecule has 2 amide bonds. The first-order valence-electron chi connectivity index (χ1n) is 11.8. The van der Waals surface area contributed by atoms with E-state index in [0.29, 0.717) is 44.2 Å². The van der Waals surface area contributed by atoms with E-state index in [4.69, 9.17) is 14.1 Å². The molecule has 2 aromatic heterocycles. The molecule has 0 radical (unpaired) electrons. The molecule has 0 bridgehead atoms. The Kier molecular flexibility index (Phi) is 8.83. The number of carbonyl (C=O) groups is 2. The summed E-state index contributed by atoms with van der Waals surface area (Å²) >= 11 is 0. The predicted molar refractivity (Wildman–Crippen MR) is 128 cm³/mol. The number of hydrogen-bond donors (Lipinski definition) is 1. The summed E-state index contributed by atoms with van der Waals surface area (Å²) < 4.78 is 11.1. The third-order valence-electron chi connectivity index (χ3n) is 5.96. The molecule has 1 saturated heterocycles. The number of piperidine rings is 1. The fourth-order valence-corrected chi connectivity index (χ4v) is 3.97. The van der Waals surface area contributed by atoms with Gasteiger partial charge in [-0.05, 0) is 69.9 Å². The van der Waals surface area contributed by atoms with Crippen molar-refractivity contribution < 1.29 is 18.7 Å². The van der Waals surface area contributed by atoms with Crippen molar-refractivity contribution >= 4 is 17.9 Å². The first-order valence-corrected chi connectivity index (χ1v) is 11.8. The molecule has 0 unspecified atom stereocenters. The average Bonchev–Trinajstić information content (AvgIpc) is 3.14. The molecule has 1 aliphatic rings. The van der Waals surface area contributed by atoms with Gasteiger partial charge < -0.3 is 19.4 Å². The maximum atomic E-state index is 12.8. The van der Waals surface area contributed by atoms with Gasteiger partial charge in [0.05, 0.1) is 17.9 Å². The van der Waals surface area contributed by atoms with Crippen LogP contribution in [0.5, 0.6) is 0 Å². The molecule has 1 fully saturated rings. The van der Waals surface area contributed by atoms with E-state index in [1.54, 1.807) is 12.2 Å². The Morgan fingerprint density at radius 3 is 2.64 bits per heavy atom. The molecule has 7 nitrogen and oxygen atoms in total. The normalized spacial score (nSPS) is 14.7. The standard InChI is InChI=1S/C26H35N3O4/c1-5-15-32-16-12-27-26(31)23-8-6-19(3)28-25(23)21-10-13-29(14-11-21)24(30)9-7-22-17-18(2)20(4)33-22/h6-9,17,21H,5,10-16H2,1-4H3,(H,27,31). The number of rotatable bonds is 9. The zero-order valence-electron chi connectivity index (χ0n) is 20.1. The number of furan rings is 1. The third-order valence-corrected chi connectivity index (χ3v) is 5.96. The first kappa shape index (κ1) is 24.7. The highest BCUT2D eigenvalue weighted by Crippen LogP contribution is 2.29. The topological polar surface area (TPSA) is 84.7 Å². The van der Waals surface area contributed by atoms with Crippen LogP contribution in [-0.2, 0) is 9.53 Å². The lowest BCUT2D eigenvalue weighted by atomic mass is 9.89. The Hall–Kier alpha value is -2.93. The Bertz CT molecular complexity index is 968. The SMILES string of the molecule is CCCOCCNC(=O)c1ccc(C)nc1C1CCN(C(=O)C=Cc2cc(C)c(C)o2)CC1. The summed E-state index contributed by atoms with van der Waals surface area (Å²) in [6, 6.07) is 5.65. The molecule has 0 saturated carbocycles. The van der Waals surface area contributed by atoms with Gasteiger partial charge >= 0.3 is 0 Å². The highest BCUT2D eigenvalue weighted by Gasteiger charge is 2.27.